The molecule has 2 aromatic rings. The predicted molar refractivity (Wildman–Crippen MR) is 72.1 cm³/mol. The summed E-state index contributed by atoms with van der Waals surface area (Å²) in [6.07, 6.45) is 0. The minimum atomic E-state index is -1.14. The lowest BCUT2D eigenvalue weighted by Gasteiger charge is -2.07. The van der Waals surface area contributed by atoms with Gasteiger partial charge >= 0.3 is 0 Å². The van der Waals surface area contributed by atoms with Crippen LogP contribution in [0, 0.1) is 12.7 Å². The molecule has 1 unspecified atom stereocenters. The molecule has 0 aliphatic heterocycles. The first kappa shape index (κ1) is 12.8. The molecular weight excluding hydrogens is 249 g/mol. The van der Waals surface area contributed by atoms with Crippen LogP contribution < -0.4 is 5.73 Å². The summed E-state index contributed by atoms with van der Waals surface area (Å²) in [6.45, 7) is 1.88. The van der Waals surface area contributed by atoms with Gasteiger partial charge in [-0.05, 0) is 48.4 Å². The van der Waals surface area contributed by atoms with E-state index in [1.165, 1.54) is 12.1 Å². The fourth-order valence-electron chi connectivity index (χ4n) is 1.74. The summed E-state index contributed by atoms with van der Waals surface area (Å²) in [5.74, 6) is 0.0959. The molecule has 2 rings (SSSR count). The number of anilines is 1. The number of benzene rings is 2. The normalized spacial score (nSPS) is 12.3. The first-order valence-corrected chi connectivity index (χ1v) is 6.87. The highest BCUT2D eigenvalue weighted by molar-refractivity contribution is 7.84. The Morgan fingerprint density at radius 2 is 1.83 bits per heavy atom. The lowest BCUT2D eigenvalue weighted by atomic mass is 10.2. The van der Waals surface area contributed by atoms with Gasteiger partial charge in [0.2, 0.25) is 0 Å². The molecule has 0 bridgehead atoms. The van der Waals surface area contributed by atoms with E-state index in [4.69, 9.17) is 5.73 Å². The van der Waals surface area contributed by atoms with Gasteiger partial charge in [0.25, 0.3) is 0 Å². The van der Waals surface area contributed by atoms with Crippen LogP contribution in [0.3, 0.4) is 0 Å². The van der Waals surface area contributed by atoms with Gasteiger partial charge < -0.3 is 5.73 Å². The number of rotatable bonds is 3. The largest absolute Gasteiger partial charge is 0.399 e. The summed E-state index contributed by atoms with van der Waals surface area (Å²) in [5.41, 5.74) is 8.08. The van der Waals surface area contributed by atoms with Crippen LogP contribution in [0.1, 0.15) is 11.1 Å². The van der Waals surface area contributed by atoms with Crippen molar-refractivity contribution in [3.05, 3.63) is 59.4 Å². The second kappa shape index (κ2) is 5.31. The Morgan fingerprint density at radius 1 is 1.17 bits per heavy atom. The van der Waals surface area contributed by atoms with Crippen LogP contribution in [0.25, 0.3) is 0 Å². The third-order valence-electron chi connectivity index (χ3n) is 2.66. The van der Waals surface area contributed by atoms with Crippen molar-refractivity contribution >= 4 is 16.5 Å². The van der Waals surface area contributed by atoms with Crippen LogP contribution >= 0.6 is 0 Å². The Morgan fingerprint density at radius 3 is 2.44 bits per heavy atom. The number of nitrogen functional groups attached to an aromatic ring is 1. The molecule has 2 aromatic carbocycles. The van der Waals surface area contributed by atoms with Gasteiger partial charge in [-0.15, -0.1) is 0 Å². The van der Waals surface area contributed by atoms with Gasteiger partial charge in [-0.3, -0.25) is 4.21 Å². The van der Waals surface area contributed by atoms with E-state index >= 15 is 0 Å². The van der Waals surface area contributed by atoms with Crippen molar-refractivity contribution in [1.29, 1.82) is 0 Å². The van der Waals surface area contributed by atoms with Crippen molar-refractivity contribution in [2.45, 2.75) is 17.6 Å². The van der Waals surface area contributed by atoms with E-state index < -0.39 is 10.8 Å². The van der Waals surface area contributed by atoms with Crippen molar-refractivity contribution in [2.75, 3.05) is 5.73 Å². The van der Waals surface area contributed by atoms with Gasteiger partial charge in [-0.1, -0.05) is 12.1 Å². The highest BCUT2D eigenvalue weighted by atomic mass is 32.2. The molecule has 0 spiro atoms. The average molecular weight is 263 g/mol. The summed E-state index contributed by atoms with van der Waals surface area (Å²) in [4.78, 5) is 0.772. The minimum absolute atomic E-state index is 0.284. The van der Waals surface area contributed by atoms with E-state index in [1.807, 2.05) is 6.92 Å². The molecule has 0 fully saturated rings. The van der Waals surface area contributed by atoms with E-state index in [9.17, 15) is 8.60 Å². The van der Waals surface area contributed by atoms with E-state index in [1.54, 1.807) is 30.3 Å². The molecule has 0 saturated carbocycles. The monoisotopic (exact) mass is 263 g/mol. The van der Waals surface area contributed by atoms with Crippen molar-refractivity contribution in [1.82, 2.24) is 0 Å². The smallest absolute Gasteiger partial charge is 0.123 e. The Labute approximate surface area is 108 Å². The van der Waals surface area contributed by atoms with Gasteiger partial charge in [-0.25, -0.2) is 4.39 Å². The molecule has 1 atom stereocenters. The SMILES string of the molecule is Cc1cc(N)ccc1S(=O)Cc1ccc(F)cc1. The molecule has 4 heteroatoms. The number of halogens is 1. The lowest BCUT2D eigenvalue weighted by Crippen LogP contribution is -2.00. The van der Waals surface area contributed by atoms with Gasteiger partial charge in [0.1, 0.15) is 5.82 Å². The molecule has 18 heavy (non-hydrogen) atoms. The Balaban J connectivity index is 2.19. The molecule has 0 aromatic heterocycles. The first-order chi connectivity index (χ1) is 8.56. The summed E-state index contributed by atoms with van der Waals surface area (Å²) in [7, 11) is -1.14. The third-order valence-corrected chi connectivity index (χ3v) is 4.20. The minimum Gasteiger partial charge on any atom is -0.399 e. The zero-order valence-electron chi connectivity index (χ0n) is 10.0. The fourth-order valence-corrected chi connectivity index (χ4v) is 3.03. The highest BCUT2D eigenvalue weighted by Gasteiger charge is 2.08. The molecular formula is C14H14FNOS. The van der Waals surface area contributed by atoms with Crippen LogP contribution in [-0.4, -0.2) is 4.21 Å². The zero-order valence-corrected chi connectivity index (χ0v) is 10.8. The Bertz CT molecular complexity index is 581. The van der Waals surface area contributed by atoms with Gasteiger partial charge in [-0.2, -0.15) is 0 Å². The summed E-state index contributed by atoms with van der Waals surface area (Å²) in [6, 6.07) is 11.4. The molecule has 0 aliphatic rings. The van der Waals surface area contributed by atoms with E-state index in [-0.39, 0.29) is 5.82 Å². The number of aryl methyl sites for hydroxylation is 1. The summed E-state index contributed by atoms with van der Waals surface area (Å²) in [5, 5.41) is 0. The maximum absolute atomic E-state index is 12.8. The molecule has 0 radical (unpaired) electrons. The van der Waals surface area contributed by atoms with E-state index in [2.05, 4.69) is 0 Å². The molecule has 0 amide bonds. The molecule has 2 N–H and O–H groups in total. The van der Waals surface area contributed by atoms with Crippen molar-refractivity contribution < 1.29 is 8.60 Å². The third kappa shape index (κ3) is 2.96. The topological polar surface area (TPSA) is 43.1 Å². The number of nitrogens with two attached hydrogens (primary N) is 1. The van der Waals surface area contributed by atoms with Crippen LogP contribution in [0.5, 0.6) is 0 Å². The Kier molecular flexibility index (Phi) is 3.77. The van der Waals surface area contributed by atoms with Crippen molar-refractivity contribution in [3.63, 3.8) is 0 Å². The van der Waals surface area contributed by atoms with Crippen molar-refractivity contribution in [2.24, 2.45) is 0 Å². The second-order valence-corrected chi connectivity index (χ2v) is 5.56. The maximum atomic E-state index is 12.8. The Hall–Kier alpha value is -1.68. The van der Waals surface area contributed by atoms with Gasteiger partial charge in [0, 0.05) is 10.6 Å². The van der Waals surface area contributed by atoms with Crippen LogP contribution in [-0.2, 0) is 16.6 Å². The van der Waals surface area contributed by atoms with E-state index in [0.717, 1.165) is 16.0 Å². The molecule has 2 nitrogen and oxygen atoms in total. The molecule has 0 heterocycles. The quantitative estimate of drug-likeness (QED) is 0.865. The zero-order chi connectivity index (χ0) is 13.1. The standard InChI is InChI=1S/C14H14FNOS/c1-10-8-13(16)6-7-14(10)18(17)9-11-2-4-12(15)5-3-11/h2-8H,9,16H2,1H3. The van der Waals surface area contributed by atoms with Crippen LogP contribution in [0.2, 0.25) is 0 Å². The molecule has 0 saturated heterocycles. The summed E-state index contributed by atoms with van der Waals surface area (Å²) >= 11 is 0. The summed E-state index contributed by atoms with van der Waals surface area (Å²) < 4.78 is 25.0. The lowest BCUT2D eigenvalue weighted by molar-refractivity contribution is 0.627. The average Bonchev–Trinajstić information content (AvgIpc) is 2.32. The van der Waals surface area contributed by atoms with E-state index in [0.29, 0.717) is 11.4 Å². The fraction of sp³-hybridized carbons (Fsp3) is 0.143. The number of hydrogen-bond acceptors (Lipinski definition) is 2. The second-order valence-electron chi connectivity index (χ2n) is 4.14. The molecule has 0 aliphatic carbocycles. The molecule has 94 valence electrons. The van der Waals surface area contributed by atoms with Crippen LogP contribution in [0.4, 0.5) is 10.1 Å². The highest BCUT2D eigenvalue weighted by Crippen LogP contribution is 2.19. The predicted octanol–water partition coefficient (Wildman–Crippen LogP) is 3.02. The van der Waals surface area contributed by atoms with Gasteiger partial charge in [0.05, 0.1) is 16.6 Å². The van der Waals surface area contributed by atoms with Gasteiger partial charge in [0.15, 0.2) is 0 Å². The van der Waals surface area contributed by atoms with Crippen LogP contribution in [0.15, 0.2) is 47.4 Å². The van der Waals surface area contributed by atoms with Crippen molar-refractivity contribution in [3.8, 4) is 0 Å². The maximum Gasteiger partial charge on any atom is 0.123 e. The first-order valence-electron chi connectivity index (χ1n) is 5.55. The number of hydrogen-bond donors (Lipinski definition) is 1.